The molecule has 6 rings (SSSR count). The SMILES string of the molecule is O=C(O)c1ccc(N2CCN(Cc3ccccc3-c3ccc(Cl)cc3)CC2)cc1Oc1ccccc1-c1ccccc1. The molecule has 5 aromatic carbocycles. The predicted molar refractivity (Wildman–Crippen MR) is 170 cm³/mol. The average Bonchev–Trinajstić information content (AvgIpc) is 3.03. The highest BCUT2D eigenvalue weighted by atomic mass is 35.5. The number of nitrogens with zero attached hydrogens (tertiary/aromatic N) is 2. The zero-order chi connectivity index (χ0) is 28.9. The third-order valence-electron chi connectivity index (χ3n) is 7.69. The Morgan fingerprint density at radius 3 is 2.07 bits per heavy atom. The second-order valence-electron chi connectivity index (χ2n) is 10.4. The highest BCUT2D eigenvalue weighted by Crippen LogP contribution is 2.36. The van der Waals surface area contributed by atoms with Crippen LogP contribution in [0, 0.1) is 0 Å². The molecule has 0 spiro atoms. The van der Waals surface area contributed by atoms with Crippen molar-refractivity contribution in [2.45, 2.75) is 6.54 Å². The van der Waals surface area contributed by atoms with E-state index < -0.39 is 5.97 Å². The van der Waals surface area contributed by atoms with Crippen molar-refractivity contribution in [2.75, 3.05) is 31.1 Å². The lowest BCUT2D eigenvalue weighted by Crippen LogP contribution is -2.46. The van der Waals surface area contributed by atoms with Gasteiger partial charge >= 0.3 is 5.97 Å². The van der Waals surface area contributed by atoms with Crippen LogP contribution < -0.4 is 9.64 Å². The van der Waals surface area contributed by atoms with Crippen LogP contribution in [0.25, 0.3) is 22.3 Å². The third-order valence-corrected chi connectivity index (χ3v) is 7.94. The van der Waals surface area contributed by atoms with Crippen molar-refractivity contribution < 1.29 is 14.6 Å². The number of carboxylic acid groups (broad SMARTS) is 1. The first-order valence-corrected chi connectivity index (χ1v) is 14.4. The van der Waals surface area contributed by atoms with E-state index in [9.17, 15) is 9.90 Å². The number of ether oxygens (including phenoxy) is 1. The molecule has 1 heterocycles. The summed E-state index contributed by atoms with van der Waals surface area (Å²) in [4.78, 5) is 16.9. The monoisotopic (exact) mass is 574 g/mol. The fourth-order valence-corrected chi connectivity index (χ4v) is 5.60. The Kier molecular flexibility index (Phi) is 8.22. The molecule has 0 atom stereocenters. The van der Waals surface area contributed by atoms with E-state index in [4.69, 9.17) is 16.3 Å². The van der Waals surface area contributed by atoms with Crippen molar-refractivity contribution >= 4 is 23.3 Å². The van der Waals surface area contributed by atoms with Gasteiger partial charge in [-0.3, -0.25) is 4.90 Å². The largest absolute Gasteiger partial charge is 0.478 e. The first-order valence-electron chi connectivity index (χ1n) is 14.1. The summed E-state index contributed by atoms with van der Waals surface area (Å²) >= 11 is 6.12. The Balaban J connectivity index is 1.18. The summed E-state index contributed by atoms with van der Waals surface area (Å²) < 4.78 is 6.32. The Bertz CT molecular complexity index is 1680. The highest BCUT2D eigenvalue weighted by Gasteiger charge is 2.21. The summed E-state index contributed by atoms with van der Waals surface area (Å²) in [7, 11) is 0. The first kappa shape index (κ1) is 27.6. The summed E-state index contributed by atoms with van der Waals surface area (Å²) in [6.07, 6.45) is 0. The fourth-order valence-electron chi connectivity index (χ4n) is 5.47. The second-order valence-corrected chi connectivity index (χ2v) is 10.8. The van der Waals surface area contributed by atoms with Crippen molar-refractivity contribution in [2.24, 2.45) is 0 Å². The quantitative estimate of drug-likeness (QED) is 0.201. The zero-order valence-corrected chi connectivity index (χ0v) is 23.9. The van der Waals surface area contributed by atoms with Crippen LogP contribution in [-0.2, 0) is 6.54 Å². The van der Waals surface area contributed by atoms with Crippen LogP contribution in [0.3, 0.4) is 0 Å². The van der Waals surface area contributed by atoms with Gasteiger partial charge in [-0.1, -0.05) is 96.5 Å². The van der Waals surface area contributed by atoms with E-state index in [1.54, 1.807) is 6.07 Å². The van der Waals surface area contributed by atoms with Crippen molar-refractivity contribution in [1.29, 1.82) is 0 Å². The Morgan fingerprint density at radius 1 is 0.690 bits per heavy atom. The molecule has 0 amide bonds. The third kappa shape index (κ3) is 6.18. The molecular weight excluding hydrogens is 544 g/mol. The van der Waals surface area contributed by atoms with Gasteiger partial charge in [0.25, 0.3) is 0 Å². The maximum absolute atomic E-state index is 12.1. The van der Waals surface area contributed by atoms with Gasteiger partial charge in [0.05, 0.1) is 0 Å². The Labute approximate surface area is 251 Å². The predicted octanol–water partition coefficient (Wildman–Crippen LogP) is 8.49. The lowest BCUT2D eigenvalue weighted by atomic mass is 9.99. The minimum absolute atomic E-state index is 0.138. The van der Waals surface area contributed by atoms with Crippen LogP contribution >= 0.6 is 11.6 Å². The van der Waals surface area contributed by atoms with E-state index in [2.05, 4.69) is 46.2 Å². The van der Waals surface area contributed by atoms with E-state index >= 15 is 0 Å². The molecule has 0 radical (unpaired) electrons. The van der Waals surface area contributed by atoms with Gasteiger partial charge in [0.1, 0.15) is 17.1 Å². The van der Waals surface area contributed by atoms with Gasteiger partial charge in [0.15, 0.2) is 0 Å². The fraction of sp³-hybridized carbons (Fsp3) is 0.139. The minimum Gasteiger partial charge on any atom is -0.478 e. The van der Waals surface area contributed by atoms with Crippen LogP contribution in [0.5, 0.6) is 11.5 Å². The number of carboxylic acids is 1. The molecule has 210 valence electrons. The van der Waals surface area contributed by atoms with Gasteiger partial charge in [-0.05, 0) is 52.6 Å². The van der Waals surface area contributed by atoms with E-state index in [1.807, 2.05) is 78.9 Å². The molecule has 0 aliphatic carbocycles. The lowest BCUT2D eigenvalue weighted by Gasteiger charge is -2.36. The number of hydrogen-bond donors (Lipinski definition) is 1. The molecule has 5 aromatic rings. The molecule has 42 heavy (non-hydrogen) atoms. The average molecular weight is 575 g/mol. The molecule has 1 aliphatic rings. The Hall–Kier alpha value is -4.58. The van der Waals surface area contributed by atoms with Crippen molar-refractivity contribution in [3.8, 4) is 33.8 Å². The molecule has 0 bridgehead atoms. The van der Waals surface area contributed by atoms with Crippen molar-refractivity contribution in [1.82, 2.24) is 4.90 Å². The molecule has 0 unspecified atom stereocenters. The number of hydrogen-bond acceptors (Lipinski definition) is 4. The molecule has 1 N–H and O–H groups in total. The number of benzene rings is 5. The van der Waals surface area contributed by atoms with Gasteiger partial charge in [0, 0.05) is 55.1 Å². The molecule has 1 fully saturated rings. The number of para-hydroxylation sites is 1. The van der Waals surface area contributed by atoms with E-state index in [0.29, 0.717) is 11.5 Å². The summed E-state index contributed by atoms with van der Waals surface area (Å²) in [5, 5.41) is 10.7. The van der Waals surface area contributed by atoms with Gasteiger partial charge in [-0.2, -0.15) is 0 Å². The minimum atomic E-state index is -1.02. The van der Waals surface area contributed by atoms with E-state index in [0.717, 1.165) is 60.1 Å². The van der Waals surface area contributed by atoms with Crippen LogP contribution in [0.2, 0.25) is 5.02 Å². The molecular formula is C36H31ClN2O3. The number of halogens is 1. The summed E-state index contributed by atoms with van der Waals surface area (Å²) in [5.74, 6) is -0.0619. The van der Waals surface area contributed by atoms with Crippen molar-refractivity contribution in [3.05, 3.63) is 137 Å². The van der Waals surface area contributed by atoms with Gasteiger partial charge in [0.2, 0.25) is 0 Å². The Morgan fingerprint density at radius 2 is 1.33 bits per heavy atom. The van der Waals surface area contributed by atoms with Crippen LogP contribution in [-0.4, -0.2) is 42.2 Å². The van der Waals surface area contributed by atoms with E-state index in [1.165, 1.54) is 11.1 Å². The maximum atomic E-state index is 12.1. The number of anilines is 1. The van der Waals surface area contributed by atoms with Crippen molar-refractivity contribution in [3.63, 3.8) is 0 Å². The maximum Gasteiger partial charge on any atom is 0.339 e. The van der Waals surface area contributed by atoms with Crippen LogP contribution in [0.15, 0.2) is 121 Å². The number of carbonyl (C=O) groups is 1. The van der Waals surface area contributed by atoms with Gasteiger partial charge in [-0.25, -0.2) is 4.79 Å². The molecule has 1 aliphatic heterocycles. The molecule has 6 heteroatoms. The van der Waals surface area contributed by atoms with Gasteiger partial charge in [-0.15, -0.1) is 0 Å². The number of rotatable bonds is 8. The molecule has 1 saturated heterocycles. The zero-order valence-electron chi connectivity index (χ0n) is 23.1. The number of aromatic carboxylic acids is 1. The standard InChI is InChI=1S/C36H31ClN2O3/c37-29-16-14-27(15-17-29)31-11-5-4-10-28(31)25-38-20-22-39(23-21-38)30-18-19-33(36(40)41)35(24-30)42-34-13-7-6-12-32(34)26-8-2-1-3-9-26/h1-19,24H,20-23,25H2,(H,40,41). The smallest absolute Gasteiger partial charge is 0.339 e. The summed E-state index contributed by atoms with van der Waals surface area (Å²) in [6, 6.07) is 39.6. The molecule has 0 aromatic heterocycles. The lowest BCUT2D eigenvalue weighted by molar-refractivity contribution is 0.0694. The molecule has 0 saturated carbocycles. The topological polar surface area (TPSA) is 53.0 Å². The summed E-state index contributed by atoms with van der Waals surface area (Å²) in [5.41, 5.74) is 6.67. The van der Waals surface area contributed by atoms with Crippen LogP contribution in [0.4, 0.5) is 5.69 Å². The summed E-state index contributed by atoms with van der Waals surface area (Å²) in [6.45, 7) is 4.30. The second kappa shape index (κ2) is 12.5. The van der Waals surface area contributed by atoms with Gasteiger partial charge < -0.3 is 14.7 Å². The highest BCUT2D eigenvalue weighted by molar-refractivity contribution is 6.30. The normalized spacial score (nSPS) is 13.6. The first-order chi connectivity index (χ1) is 20.5. The van der Waals surface area contributed by atoms with Crippen LogP contribution in [0.1, 0.15) is 15.9 Å². The molecule has 5 nitrogen and oxygen atoms in total. The number of piperazine rings is 1. The van der Waals surface area contributed by atoms with E-state index in [-0.39, 0.29) is 5.56 Å².